The molecule has 0 bridgehead atoms. The van der Waals surface area contributed by atoms with E-state index >= 15 is 0 Å². The Morgan fingerprint density at radius 1 is 0.826 bits per heavy atom. The second-order valence-electron chi connectivity index (χ2n) is 14.3. The molecule has 5 rings (SSSR count). The van der Waals surface area contributed by atoms with Crippen LogP contribution in [0.4, 0.5) is 4.79 Å². The summed E-state index contributed by atoms with van der Waals surface area (Å²) in [5.41, 5.74) is 3.27. The van der Waals surface area contributed by atoms with Crippen LogP contribution in [-0.4, -0.2) is 72.0 Å². The largest absolute Gasteiger partial charge is 0.445 e. The van der Waals surface area contributed by atoms with E-state index in [1.54, 1.807) is 0 Å². The van der Waals surface area contributed by atoms with E-state index in [-0.39, 0.29) is 41.9 Å². The summed E-state index contributed by atoms with van der Waals surface area (Å²) in [6, 6.07) is 30.8. The molecular weight excluding hydrogens is 594 g/mol. The third-order valence-electron chi connectivity index (χ3n) is 9.82. The van der Waals surface area contributed by atoms with E-state index in [1.165, 1.54) is 5.56 Å². The number of halogens is 1. The highest BCUT2D eigenvalue weighted by molar-refractivity contribution is 5.94. The van der Waals surface area contributed by atoms with Gasteiger partial charge in [0.2, 0.25) is 0 Å². The average Bonchev–Trinajstić information content (AvgIpc) is 3.48. The number of carbonyl (C=O) groups excluding carboxylic acids is 2. The van der Waals surface area contributed by atoms with E-state index < -0.39 is 0 Å². The van der Waals surface area contributed by atoms with E-state index in [1.807, 2.05) is 77.5 Å². The minimum atomic E-state index is -0.199. The molecular formula is C39H52ClN3O3. The molecule has 0 aromatic heterocycles. The predicted molar refractivity (Wildman–Crippen MR) is 188 cm³/mol. The van der Waals surface area contributed by atoms with Crippen LogP contribution in [0.1, 0.15) is 80.3 Å². The lowest BCUT2D eigenvalue weighted by atomic mass is 9.88. The van der Waals surface area contributed by atoms with E-state index in [9.17, 15) is 9.59 Å². The molecule has 1 heterocycles. The molecule has 3 unspecified atom stereocenters. The summed E-state index contributed by atoms with van der Waals surface area (Å²) in [7, 11) is 1.97. The second-order valence-corrected chi connectivity index (χ2v) is 14.3. The topological polar surface area (TPSA) is 53.1 Å². The molecule has 3 atom stereocenters. The minimum Gasteiger partial charge on any atom is -0.445 e. The fraction of sp³-hybridized carbons (Fsp3) is 0.487. The molecule has 0 radical (unpaired) electrons. The Hall–Kier alpha value is -3.35. The van der Waals surface area contributed by atoms with Crippen LogP contribution in [0.2, 0.25) is 0 Å². The first kappa shape index (κ1) is 35.5. The van der Waals surface area contributed by atoms with Crippen LogP contribution < -0.4 is 0 Å². The number of likely N-dealkylation sites (tertiary alicyclic amines) is 1. The highest BCUT2D eigenvalue weighted by atomic mass is 35.5. The molecule has 0 N–H and O–H groups in total. The number of nitrogens with zero attached hydrogens (tertiary/aromatic N) is 3. The van der Waals surface area contributed by atoms with Crippen molar-refractivity contribution in [2.45, 2.75) is 77.5 Å². The summed E-state index contributed by atoms with van der Waals surface area (Å²) in [5, 5.41) is 0. The molecule has 248 valence electrons. The Labute approximate surface area is 282 Å². The molecule has 1 saturated heterocycles. The maximum Gasteiger partial charge on any atom is 0.410 e. The van der Waals surface area contributed by atoms with Gasteiger partial charge < -0.3 is 19.4 Å². The molecule has 1 aliphatic carbocycles. The first-order valence-electron chi connectivity index (χ1n) is 16.7. The molecule has 7 heteroatoms. The standard InChI is InChI=1S/C39H51N3O3.ClH/c1-39(2,3)22-25-42(38(44)45-29-30-14-8-5-9-15-30)34-20-23-41(24-21-34)28-33-26-35(27-36(33)31-16-10-6-11-17-31)40(4)37(43)32-18-12-7-13-19-32;/h5-19,33-36H,20-29H2,1-4H3;1H. The van der Waals surface area contributed by atoms with Crippen LogP contribution in [-0.2, 0) is 11.3 Å². The smallest absolute Gasteiger partial charge is 0.410 e. The third kappa shape index (κ3) is 9.59. The number of hydrogen-bond acceptors (Lipinski definition) is 4. The van der Waals surface area contributed by atoms with E-state index in [0.29, 0.717) is 25.0 Å². The molecule has 46 heavy (non-hydrogen) atoms. The quantitative estimate of drug-likeness (QED) is 0.223. The van der Waals surface area contributed by atoms with Gasteiger partial charge in [0.1, 0.15) is 6.61 Å². The fourth-order valence-corrected chi connectivity index (χ4v) is 7.10. The zero-order valence-corrected chi connectivity index (χ0v) is 28.8. The molecule has 0 spiro atoms. The number of carbonyl (C=O) groups is 2. The third-order valence-corrected chi connectivity index (χ3v) is 9.82. The highest BCUT2D eigenvalue weighted by Gasteiger charge is 2.40. The summed E-state index contributed by atoms with van der Waals surface area (Å²) in [6.07, 6.45) is 4.61. The fourth-order valence-electron chi connectivity index (χ4n) is 7.10. The van der Waals surface area contributed by atoms with Gasteiger partial charge in [0.15, 0.2) is 0 Å². The van der Waals surface area contributed by atoms with Gasteiger partial charge in [-0.3, -0.25) is 4.79 Å². The number of hydrogen-bond donors (Lipinski definition) is 0. The van der Waals surface area contributed by atoms with Crippen molar-refractivity contribution in [3.63, 3.8) is 0 Å². The van der Waals surface area contributed by atoms with E-state index in [4.69, 9.17) is 4.74 Å². The molecule has 2 amide bonds. The average molecular weight is 646 g/mol. The Kier molecular flexibility index (Phi) is 12.7. The van der Waals surface area contributed by atoms with Crippen LogP contribution in [0.15, 0.2) is 91.0 Å². The zero-order chi connectivity index (χ0) is 31.8. The normalized spacial score (nSPS) is 20.5. The Bertz CT molecular complexity index is 1360. The number of rotatable bonds is 10. The van der Waals surface area contributed by atoms with Crippen molar-refractivity contribution < 1.29 is 14.3 Å². The number of piperidine rings is 1. The molecule has 1 aliphatic heterocycles. The number of ether oxygens (including phenoxy) is 1. The summed E-state index contributed by atoms with van der Waals surface area (Å²) in [5.74, 6) is 0.979. The minimum absolute atomic E-state index is 0. The van der Waals surface area contributed by atoms with Crippen LogP contribution in [0.3, 0.4) is 0 Å². The summed E-state index contributed by atoms with van der Waals surface area (Å²) >= 11 is 0. The van der Waals surface area contributed by atoms with Crippen molar-refractivity contribution in [3.8, 4) is 0 Å². The molecule has 2 fully saturated rings. The van der Waals surface area contributed by atoms with Crippen molar-refractivity contribution in [3.05, 3.63) is 108 Å². The lowest BCUT2D eigenvalue weighted by Crippen LogP contribution is -2.49. The summed E-state index contributed by atoms with van der Waals surface area (Å²) < 4.78 is 5.83. The van der Waals surface area contributed by atoms with Crippen molar-refractivity contribution in [1.82, 2.24) is 14.7 Å². The number of amides is 2. The van der Waals surface area contributed by atoms with Crippen molar-refractivity contribution >= 4 is 24.4 Å². The van der Waals surface area contributed by atoms with Crippen molar-refractivity contribution in [1.29, 1.82) is 0 Å². The molecule has 6 nitrogen and oxygen atoms in total. The predicted octanol–water partition coefficient (Wildman–Crippen LogP) is 8.28. The van der Waals surface area contributed by atoms with Crippen LogP contribution in [0.25, 0.3) is 0 Å². The monoisotopic (exact) mass is 645 g/mol. The van der Waals surface area contributed by atoms with Crippen molar-refractivity contribution in [2.75, 3.05) is 33.2 Å². The van der Waals surface area contributed by atoms with Gasteiger partial charge in [-0.05, 0) is 72.6 Å². The Morgan fingerprint density at radius 3 is 2.02 bits per heavy atom. The van der Waals surface area contributed by atoms with Crippen LogP contribution in [0.5, 0.6) is 0 Å². The van der Waals surface area contributed by atoms with Gasteiger partial charge in [-0.2, -0.15) is 0 Å². The molecule has 3 aromatic carbocycles. The van der Waals surface area contributed by atoms with E-state index in [2.05, 4.69) is 56.0 Å². The lowest BCUT2D eigenvalue weighted by Gasteiger charge is -2.40. The molecule has 3 aromatic rings. The SMILES string of the molecule is CN(C(=O)c1ccccc1)C1CC(CN2CCC(N(CCC(C)(C)C)C(=O)OCc3ccccc3)CC2)C(c2ccccc2)C1.Cl. The zero-order valence-electron chi connectivity index (χ0n) is 28.0. The maximum absolute atomic E-state index is 13.4. The van der Waals surface area contributed by atoms with Crippen molar-refractivity contribution in [2.24, 2.45) is 11.3 Å². The lowest BCUT2D eigenvalue weighted by molar-refractivity contribution is 0.0528. The van der Waals surface area contributed by atoms with Crippen LogP contribution >= 0.6 is 12.4 Å². The van der Waals surface area contributed by atoms with Gasteiger partial charge in [0.25, 0.3) is 5.91 Å². The second kappa shape index (κ2) is 16.5. The number of benzene rings is 3. The molecule has 2 aliphatic rings. The van der Waals surface area contributed by atoms with Crippen LogP contribution in [0, 0.1) is 11.3 Å². The molecule has 1 saturated carbocycles. The Balaban J connectivity index is 0.00000480. The highest BCUT2D eigenvalue weighted by Crippen LogP contribution is 2.42. The summed E-state index contributed by atoms with van der Waals surface area (Å²) in [4.78, 5) is 33.3. The van der Waals surface area contributed by atoms with Gasteiger partial charge in [-0.25, -0.2) is 4.79 Å². The maximum atomic E-state index is 13.4. The summed E-state index contributed by atoms with van der Waals surface area (Å²) in [6.45, 7) is 10.6. The van der Waals surface area contributed by atoms with Gasteiger partial charge in [0.05, 0.1) is 0 Å². The van der Waals surface area contributed by atoms with E-state index in [0.717, 1.165) is 62.9 Å². The van der Waals surface area contributed by atoms with Gasteiger partial charge in [-0.1, -0.05) is 99.6 Å². The Morgan fingerprint density at radius 2 is 1.41 bits per heavy atom. The van der Waals surface area contributed by atoms with Gasteiger partial charge in [-0.15, -0.1) is 12.4 Å². The first-order valence-corrected chi connectivity index (χ1v) is 16.7. The van der Waals surface area contributed by atoms with Gasteiger partial charge in [0, 0.05) is 50.9 Å². The van der Waals surface area contributed by atoms with Gasteiger partial charge >= 0.3 is 6.09 Å². The first-order chi connectivity index (χ1) is 21.7.